The average Bonchev–Trinajstić information content (AvgIpc) is 2.98. The Morgan fingerprint density at radius 3 is 2.60 bits per heavy atom. The number of ether oxygens (including phenoxy) is 1. The van der Waals surface area contributed by atoms with Crippen LogP contribution in [0.1, 0.15) is 36.8 Å². The molecule has 0 atom stereocenters. The van der Waals surface area contributed by atoms with Crippen molar-refractivity contribution in [3.05, 3.63) is 35.4 Å². The van der Waals surface area contributed by atoms with Crippen LogP contribution in [0.2, 0.25) is 0 Å². The molecule has 0 aromatic heterocycles. The van der Waals surface area contributed by atoms with Gasteiger partial charge in [0.25, 0.3) is 0 Å². The fraction of sp³-hybridized carbons (Fsp3) is 0.562. The normalized spacial score (nSPS) is 16.4. The molecule has 2 N–H and O–H groups in total. The van der Waals surface area contributed by atoms with E-state index in [1.807, 2.05) is 13.1 Å². The van der Waals surface area contributed by atoms with Crippen molar-refractivity contribution in [2.75, 3.05) is 14.2 Å². The lowest BCUT2D eigenvalue weighted by molar-refractivity contribution is 0.184. The molecule has 110 valence electrons. The number of rotatable bonds is 5. The average molecular weight is 275 g/mol. The quantitative estimate of drug-likeness (QED) is 0.641. The van der Waals surface area contributed by atoms with E-state index in [0.29, 0.717) is 12.6 Å². The van der Waals surface area contributed by atoms with Gasteiger partial charge in [-0.2, -0.15) is 0 Å². The van der Waals surface area contributed by atoms with Gasteiger partial charge in [0.05, 0.1) is 6.61 Å². The SMILES string of the molecule is CN=C(NCc1ccccc1COC)NC1CCCC1. The second-order valence-corrected chi connectivity index (χ2v) is 5.25. The molecular weight excluding hydrogens is 250 g/mol. The van der Waals surface area contributed by atoms with Crippen LogP contribution < -0.4 is 10.6 Å². The number of methoxy groups -OCH3 is 1. The van der Waals surface area contributed by atoms with Gasteiger partial charge in [-0.3, -0.25) is 4.99 Å². The first-order chi connectivity index (χ1) is 9.83. The zero-order chi connectivity index (χ0) is 14.2. The number of guanidine groups is 1. The summed E-state index contributed by atoms with van der Waals surface area (Å²) in [5.74, 6) is 0.893. The number of aliphatic imine (C=N–C) groups is 1. The van der Waals surface area contributed by atoms with Gasteiger partial charge >= 0.3 is 0 Å². The minimum Gasteiger partial charge on any atom is -0.380 e. The maximum absolute atomic E-state index is 5.24. The van der Waals surface area contributed by atoms with Crippen LogP contribution in [0.25, 0.3) is 0 Å². The number of nitrogens with zero attached hydrogens (tertiary/aromatic N) is 1. The monoisotopic (exact) mass is 275 g/mol. The van der Waals surface area contributed by atoms with Crippen LogP contribution in [0, 0.1) is 0 Å². The van der Waals surface area contributed by atoms with E-state index in [4.69, 9.17) is 4.74 Å². The second-order valence-electron chi connectivity index (χ2n) is 5.25. The van der Waals surface area contributed by atoms with Crippen molar-refractivity contribution >= 4 is 5.96 Å². The molecule has 1 saturated carbocycles. The van der Waals surface area contributed by atoms with Crippen molar-refractivity contribution in [1.29, 1.82) is 0 Å². The smallest absolute Gasteiger partial charge is 0.191 e. The molecule has 0 spiro atoms. The summed E-state index contributed by atoms with van der Waals surface area (Å²) in [4.78, 5) is 4.31. The van der Waals surface area contributed by atoms with E-state index in [0.717, 1.165) is 12.5 Å². The zero-order valence-electron chi connectivity index (χ0n) is 12.5. The van der Waals surface area contributed by atoms with E-state index >= 15 is 0 Å². The van der Waals surface area contributed by atoms with E-state index in [1.54, 1.807) is 7.11 Å². The van der Waals surface area contributed by atoms with Gasteiger partial charge in [0.1, 0.15) is 0 Å². The van der Waals surface area contributed by atoms with Crippen LogP contribution in [-0.2, 0) is 17.9 Å². The molecular formula is C16H25N3O. The third kappa shape index (κ3) is 4.23. The van der Waals surface area contributed by atoms with E-state index < -0.39 is 0 Å². The number of benzene rings is 1. The van der Waals surface area contributed by atoms with Crippen LogP contribution in [0.15, 0.2) is 29.3 Å². The highest BCUT2D eigenvalue weighted by Crippen LogP contribution is 2.17. The lowest BCUT2D eigenvalue weighted by atomic mass is 10.1. The Morgan fingerprint density at radius 1 is 1.25 bits per heavy atom. The minimum atomic E-state index is 0.579. The molecule has 0 unspecified atom stereocenters. The Morgan fingerprint density at radius 2 is 1.95 bits per heavy atom. The van der Waals surface area contributed by atoms with Crippen LogP contribution in [-0.4, -0.2) is 26.2 Å². The van der Waals surface area contributed by atoms with E-state index in [1.165, 1.54) is 36.8 Å². The van der Waals surface area contributed by atoms with Gasteiger partial charge in [0.2, 0.25) is 0 Å². The molecule has 0 aliphatic heterocycles. The fourth-order valence-corrected chi connectivity index (χ4v) is 2.66. The van der Waals surface area contributed by atoms with E-state index in [-0.39, 0.29) is 0 Å². The molecule has 1 fully saturated rings. The summed E-state index contributed by atoms with van der Waals surface area (Å²) in [6.07, 6.45) is 5.15. The van der Waals surface area contributed by atoms with Crippen LogP contribution >= 0.6 is 0 Å². The molecule has 0 radical (unpaired) electrons. The van der Waals surface area contributed by atoms with Gasteiger partial charge in [0.15, 0.2) is 5.96 Å². The topological polar surface area (TPSA) is 45.7 Å². The van der Waals surface area contributed by atoms with Gasteiger partial charge in [-0.1, -0.05) is 37.1 Å². The van der Waals surface area contributed by atoms with Gasteiger partial charge < -0.3 is 15.4 Å². The largest absolute Gasteiger partial charge is 0.380 e. The predicted octanol–water partition coefficient (Wildman–Crippen LogP) is 2.44. The van der Waals surface area contributed by atoms with Crippen LogP contribution in [0.4, 0.5) is 0 Å². The third-order valence-electron chi connectivity index (χ3n) is 3.78. The predicted molar refractivity (Wildman–Crippen MR) is 82.7 cm³/mol. The molecule has 0 bridgehead atoms. The third-order valence-corrected chi connectivity index (χ3v) is 3.78. The molecule has 0 heterocycles. The molecule has 1 aliphatic carbocycles. The van der Waals surface area contributed by atoms with Crippen LogP contribution in [0.5, 0.6) is 0 Å². The standard InChI is InChI=1S/C16H25N3O/c1-17-16(19-15-9-5-6-10-15)18-11-13-7-3-4-8-14(13)12-20-2/h3-4,7-8,15H,5-6,9-12H2,1-2H3,(H2,17,18,19). The Bertz CT molecular complexity index is 439. The summed E-state index contributed by atoms with van der Waals surface area (Å²) < 4.78 is 5.24. The highest BCUT2D eigenvalue weighted by atomic mass is 16.5. The fourth-order valence-electron chi connectivity index (χ4n) is 2.66. The molecule has 4 nitrogen and oxygen atoms in total. The molecule has 0 amide bonds. The first-order valence-electron chi connectivity index (χ1n) is 7.36. The van der Waals surface area contributed by atoms with Crippen molar-refractivity contribution in [3.8, 4) is 0 Å². The lowest BCUT2D eigenvalue weighted by Crippen LogP contribution is -2.42. The number of nitrogens with one attached hydrogen (secondary N) is 2. The Kier molecular flexibility index (Phi) is 5.87. The number of hydrogen-bond donors (Lipinski definition) is 2. The van der Waals surface area contributed by atoms with E-state index in [9.17, 15) is 0 Å². The Balaban J connectivity index is 1.89. The summed E-state index contributed by atoms with van der Waals surface area (Å²) in [5, 5.41) is 6.89. The van der Waals surface area contributed by atoms with E-state index in [2.05, 4.69) is 33.8 Å². The molecule has 1 aromatic rings. The molecule has 1 aromatic carbocycles. The second kappa shape index (κ2) is 7.90. The van der Waals surface area contributed by atoms with Crippen LogP contribution in [0.3, 0.4) is 0 Å². The summed E-state index contributed by atoms with van der Waals surface area (Å²) in [7, 11) is 3.55. The minimum absolute atomic E-state index is 0.579. The first kappa shape index (κ1) is 14.9. The van der Waals surface area contributed by atoms with Crippen molar-refractivity contribution in [2.45, 2.75) is 44.9 Å². The zero-order valence-corrected chi connectivity index (χ0v) is 12.5. The van der Waals surface area contributed by atoms with Crippen molar-refractivity contribution in [1.82, 2.24) is 10.6 Å². The first-order valence-corrected chi connectivity index (χ1v) is 7.36. The van der Waals surface area contributed by atoms with Gasteiger partial charge in [-0.25, -0.2) is 0 Å². The molecule has 1 aliphatic rings. The summed E-state index contributed by atoms with van der Waals surface area (Å²) in [6, 6.07) is 8.92. The maximum Gasteiger partial charge on any atom is 0.191 e. The van der Waals surface area contributed by atoms with Gasteiger partial charge in [0, 0.05) is 26.7 Å². The molecule has 20 heavy (non-hydrogen) atoms. The Labute approximate surface area is 121 Å². The van der Waals surface area contributed by atoms with Crippen molar-refractivity contribution in [3.63, 3.8) is 0 Å². The van der Waals surface area contributed by atoms with Crippen molar-refractivity contribution in [2.24, 2.45) is 4.99 Å². The highest BCUT2D eigenvalue weighted by Gasteiger charge is 2.15. The Hall–Kier alpha value is -1.55. The molecule has 4 heteroatoms. The van der Waals surface area contributed by atoms with Gasteiger partial charge in [-0.15, -0.1) is 0 Å². The highest BCUT2D eigenvalue weighted by molar-refractivity contribution is 5.80. The summed E-state index contributed by atoms with van der Waals surface area (Å²) in [5.41, 5.74) is 2.47. The molecule has 2 rings (SSSR count). The maximum atomic E-state index is 5.24. The summed E-state index contributed by atoms with van der Waals surface area (Å²) in [6.45, 7) is 1.42. The van der Waals surface area contributed by atoms with Crippen molar-refractivity contribution < 1.29 is 4.74 Å². The molecule has 0 saturated heterocycles. The number of hydrogen-bond acceptors (Lipinski definition) is 2. The lowest BCUT2D eigenvalue weighted by Gasteiger charge is -2.17. The van der Waals surface area contributed by atoms with Gasteiger partial charge in [-0.05, 0) is 24.0 Å². The summed E-state index contributed by atoms with van der Waals surface area (Å²) >= 11 is 0.